The molecule has 0 saturated carbocycles. The summed E-state index contributed by atoms with van der Waals surface area (Å²) in [7, 11) is -4.44. The molecule has 3 aromatic carbocycles. The lowest BCUT2D eigenvalue weighted by Gasteiger charge is -2.18. The Morgan fingerprint density at radius 1 is 0.975 bits per heavy atom. The first-order valence-electron chi connectivity index (χ1n) is 12.2. The van der Waals surface area contributed by atoms with Crippen molar-refractivity contribution in [1.82, 2.24) is 15.2 Å². The third kappa shape index (κ3) is 6.21. The Labute approximate surface area is 243 Å². The number of thiazole rings is 1. The number of fused-ring (bicyclic) bond motifs is 1. The van der Waals surface area contributed by atoms with Gasteiger partial charge in [0.2, 0.25) is 5.13 Å². The maximum absolute atomic E-state index is 11.6. The number of anilines is 2. The van der Waals surface area contributed by atoms with Gasteiger partial charge in [-0.2, -0.15) is 8.42 Å². The Morgan fingerprint density at radius 2 is 1.85 bits per heavy atom. The molecule has 0 spiro atoms. The molecule has 1 radical (unpaired) electrons. The second kappa shape index (κ2) is 11.4. The van der Waals surface area contributed by atoms with Gasteiger partial charge >= 0.3 is 10.3 Å². The van der Waals surface area contributed by atoms with Crippen molar-refractivity contribution in [2.75, 3.05) is 10.0 Å². The number of nitrogens with one attached hydrogen (secondary N) is 2. The maximum Gasteiger partial charge on any atom is 0.357 e. The first-order chi connectivity index (χ1) is 19.4. The van der Waals surface area contributed by atoms with Gasteiger partial charge in [0, 0.05) is 18.2 Å². The number of aromatic nitrogens is 3. The largest absolute Gasteiger partial charge is 0.357 e. The quantitative estimate of drug-likeness (QED) is 0.146. The van der Waals surface area contributed by atoms with E-state index in [1.54, 1.807) is 40.9 Å². The lowest BCUT2D eigenvalue weighted by Crippen LogP contribution is -2.17. The van der Waals surface area contributed by atoms with E-state index in [9.17, 15) is 13.0 Å². The molecule has 0 aliphatic rings. The predicted molar refractivity (Wildman–Crippen MR) is 163 cm³/mol. The molecular formula is C28H22N5O3S4. The molecule has 3 heterocycles. The van der Waals surface area contributed by atoms with Crippen LogP contribution in [0.25, 0.3) is 20.7 Å². The van der Waals surface area contributed by atoms with Crippen molar-refractivity contribution in [2.24, 2.45) is 0 Å². The van der Waals surface area contributed by atoms with Gasteiger partial charge in [0.05, 0.1) is 22.3 Å². The first kappa shape index (κ1) is 26.5. The molecule has 1 atom stereocenters. The van der Waals surface area contributed by atoms with E-state index in [1.165, 1.54) is 27.7 Å². The molecule has 0 aliphatic carbocycles. The lowest BCUT2D eigenvalue weighted by molar-refractivity contribution is 0.489. The van der Waals surface area contributed by atoms with Crippen LogP contribution in [0.15, 0.2) is 83.6 Å². The van der Waals surface area contributed by atoms with Crippen molar-refractivity contribution in [1.29, 1.82) is 0 Å². The van der Waals surface area contributed by atoms with Gasteiger partial charge < -0.3 is 5.32 Å². The summed E-state index contributed by atoms with van der Waals surface area (Å²) in [6.07, 6.45) is 1.02. The normalized spacial score (nSPS) is 12.4. The summed E-state index contributed by atoms with van der Waals surface area (Å²) < 4.78 is 34.7. The molecule has 0 aliphatic heterocycles. The Balaban J connectivity index is 1.29. The van der Waals surface area contributed by atoms with Gasteiger partial charge in [-0.3, -0.25) is 9.27 Å². The molecule has 0 amide bonds. The second-order valence-electron chi connectivity index (χ2n) is 8.93. The Hall–Kier alpha value is -3.68. The number of nitrogens with zero attached hydrogens (tertiary/aromatic N) is 3. The maximum atomic E-state index is 11.6. The molecule has 6 rings (SSSR count). The molecule has 8 nitrogen and oxygen atoms in total. The smallest absolute Gasteiger partial charge is 0.351 e. The van der Waals surface area contributed by atoms with Crippen molar-refractivity contribution in [3.05, 3.63) is 111 Å². The highest BCUT2D eigenvalue weighted by Gasteiger charge is 2.21. The van der Waals surface area contributed by atoms with E-state index in [-0.39, 0.29) is 11.7 Å². The molecule has 0 saturated heterocycles. The Morgan fingerprint density at radius 3 is 2.70 bits per heavy atom. The summed E-state index contributed by atoms with van der Waals surface area (Å²) >= 11 is 4.64. The van der Waals surface area contributed by atoms with Crippen LogP contribution in [0.1, 0.15) is 27.9 Å². The van der Waals surface area contributed by atoms with Gasteiger partial charge in [0.25, 0.3) is 0 Å². The molecule has 6 aromatic rings. The monoisotopic (exact) mass is 604 g/mol. The van der Waals surface area contributed by atoms with Crippen molar-refractivity contribution < 1.29 is 13.0 Å². The first-order valence-corrected chi connectivity index (χ1v) is 16.2. The highest BCUT2D eigenvalue weighted by atomic mass is 32.2. The number of thiophene rings is 1. The average molecular weight is 605 g/mol. The topological polar surface area (TPSA) is 117 Å². The molecule has 12 heteroatoms. The van der Waals surface area contributed by atoms with Crippen LogP contribution in [0.3, 0.4) is 0 Å². The zero-order chi connectivity index (χ0) is 27.5. The fourth-order valence-corrected chi connectivity index (χ4v) is 7.40. The van der Waals surface area contributed by atoms with Gasteiger partial charge in [-0.1, -0.05) is 65.9 Å². The van der Waals surface area contributed by atoms with E-state index in [1.807, 2.05) is 35.0 Å². The zero-order valence-electron chi connectivity index (χ0n) is 20.8. The van der Waals surface area contributed by atoms with Crippen LogP contribution in [-0.4, -0.2) is 28.2 Å². The second-order valence-corrected chi connectivity index (χ2v) is 13.0. The van der Waals surface area contributed by atoms with E-state index >= 15 is 0 Å². The zero-order valence-corrected chi connectivity index (χ0v) is 24.1. The minimum absolute atomic E-state index is 0.274. The Bertz CT molecular complexity index is 1860. The van der Waals surface area contributed by atoms with Crippen LogP contribution in [-0.2, 0) is 23.1 Å². The van der Waals surface area contributed by atoms with Crippen molar-refractivity contribution in [3.8, 4) is 9.88 Å². The van der Waals surface area contributed by atoms with Gasteiger partial charge in [-0.15, -0.1) is 32.9 Å². The average Bonchev–Trinajstić information content (AvgIpc) is 3.71. The van der Waals surface area contributed by atoms with Crippen LogP contribution >= 0.6 is 34.0 Å². The van der Waals surface area contributed by atoms with E-state index in [4.69, 9.17) is 4.98 Å². The summed E-state index contributed by atoms with van der Waals surface area (Å²) in [5, 5.41) is 21.1. The summed E-state index contributed by atoms with van der Waals surface area (Å²) in [5.74, 6) is 0. The van der Waals surface area contributed by atoms with Crippen LogP contribution < -0.4 is 10.0 Å². The van der Waals surface area contributed by atoms with E-state index < -0.39 is 10.3 Å². The van der Waals surface area contributed by atoms with Gasteiger partial charge in [-0.25, -0.2) is 4.98 Å². The van der Waals surface area contributed by atoms with E-state index in [0.29, 0.717) is 23.5 Å². The molecule has 0 fully saturated rings. The summed E-state index contributed by atoms with van der Waals surface area (Å²) in [4.78, 5) is 5.96. The summed E-state index contributed by atoms with van der Waals surface area (Å²) in [6, 6.07) is 26.0. The summed E-state index contributed by atoms with van der Waals surface area (Å²) in [5.41, 5.74) is 2.89. The fraction of sp³-hybridized carbons (Fsp3) is 0.107. The van der Waals surface area contributed by atoms with Crippen LogP contribution in [0.5, 0.6) is 0 Å². The van der Waals surface area contributed by atoms with Crippen LogP contribution in [0, 0.1) is 6.07 Å². The third-order valence-electron chi connectivity index (χ3n) is 6.21. The van der Waals surface area contributed by atoms with Gasteiger partial charge in [0.15, 0.2) is 0 Å². The van der Waals surface area contributed by atoms with Gasteiger partial charge in [0.1, 0.15) is 10.0 Å². The lowest BCUT2D eigenvalue weighted by atomic mass is 10.0. The SMILES string of the molecule is O=S(=O)(O)Nc1cc[c]cc1C[C@H](Nc1nnc(Cc2cccc3ccccc23)s1)c1csc(-c2cccs2)n1. The molecule has 3 aromatic heterocycles. The standard InChI is InChI=1S/C28H22N5O3S4/c34-40(35,36)33-22-12-4-2-8-20(22)15-23(24-17-38-27(29-24)25-13-6-14-37-25)30-28-32-31-26(39-28)16-19-10-5-9-18-7-1-3-11-21(18)19/h1,3-14,17,23,33H,15-16H2,(H,30,32)(H,34,35,36)/t23-/m0/s1. The number of hydrogen-bond acceptors (Lipinski definition) is 9. The fourth-order valence-electron chi connectivity index (χ4n) is 4.42. The van der Waals surface area contributed by atoms with Crippen molar-refractivity contribution in [3.63, 3.8) is 0 Å². The number of benzene rings is 3. The molecule has 201 valence electrons. The van der Waals surface area contributed by atoms with Crippen LogP contribution in [0.4, 0.5) is 10.8 Å². The van der Waals surface area contributed by atoms with Crippen molar-refractivity contribution in [2.45, 2.75) is 18.9 Å². The highest BCUT2D eigenvalue weighted by molar-refractivity contribution is 7.87. The molecule has 40 heavy (non-hydrogen) atoms. The minimum atomic E-state index is -4.44. The predicted octanol–water partition coefficient (Wildman–Crippen LogP) is 6.88. The minimum Gasteiger partial charge on any atom is -0.351 e. The van der Waals surface area contributed by atoms with Crippen molar-refractivity contribution >= 4 is 65.9 Å². The van der Waals surface area contributed by atoms with Crippen LogP contribution in [0.2, 0.25) is 0 Å². The Kier molecular flexibility index (Phi) is 7.59. The van der Waals surface area contributed by atoms with Gasteiger partial charge in [-0.05, 0) is 51.5 Å². The summed E-state index contributed by atoms with van der Waals surface area (Å²) in [6.45, 7) is 0. The van der Waals surface area contributed by atoms with E-state index in [0.717, 1.165) is 20.6 Å². The number of rotatable bonds is 10. The molecule has 0 unspecified atom stereocenters. The third-order valence-corrected chi connectivity index (χ3v) is 9.44. The molecule has 3 N–H and O–H groups in total. The highest BCUT2D eigenvalue weighted by Crippen LogP contribution is 2.34. The molecular weight excluding hydrogens is 583 g/mol. The molecule has 0 bridgehead atoms. The van der Waals surface area contributed by atoms with E-state index in [2.05, 4.69) is 56.6 Å². The number of hydrogen-bond donors (Lipinski definition) is 3.